The average Bonchev–Trinajstić information content (AvgIpc) is 2.94. The molecular formula is C17H25N3O. The van der Waals surface area contributed by atoms with Crippen molar-refractivity contribution in [3.63, 3.8) is 0 Å². The van der Waals surface area contributed by atoms with E-state index in [1.807, 2.05) is 18.3 Å². The summed E-state index contributed by atoms with van der Waals surface area (Å²) < 4.78 is 5.83. The molecule has 2 aromatic rings. The number of hydrogen-bond acceptors (Lipinski definition) is 4. The molecule has 0 amide bonds. The molecule has 21 heavy (non-hydrogen) atoms. The van der Waals surface area contributed by atoms with Gasteiger partial charge in [-0.05, 0) is 44.3 Å². The van der Waals surface area contributed by atoms with Gasteiger partial charge in [-0.3, -0.25) is 9.88 Å². The highest BCUT2D eigenvalue weighted by Gasteiger charge is 2.06. The Kier molecular flexibility index (Phi) is 6.44. The topological polar surface area (TPSA) is 41.3 Å². The van der Waals surface area contributed by atoms with E-state index in [1.165, 1.54) is 0 Å². The summed E-state index contributed by atoms with van der Waals surface area (Å²) in [6.07, 6.45) is 3.95. The zero-order valence-corrected chi connectivity index (χ0v) is 13.0. The Labute approximate surface area is 127 Å². The van der Waals surface area contributed by atoms with Crippen LogP contribution in [0.25, 0.3) is 0 Å². The zero-order chi connectivity index (χ0) is 14.9. The first kappa shape index (κ1) is 15.7. The highest BCUT2D eigenvalue weighted by Crippen LogP contribution is 2.10. The van der Waals surface area contributed by atoms with Crippen LogP contribution >= 0.6 is 0 Å². The van der Waals surface area contributed by atoms with Crippen molar-refractivity contribution in [2.45, 2.75) is 32.9 Å². The molecule has 0 spiro atoms. The largest absolute Gasteiger partial charge is 0.463 e. The molecule has 4 heteroatoms. The highest BCUT2D eigenvalue weighted by atomic mass is 16.3. The number of likely N-dealkylation sites (N-methyl/N-ethyl adjacent to an activating group) is 1. The molecule has 0 bridgehead atoms. The summed E-state index contributed by atoms with van der Waals surface area (Å²) in [5.74, 6) is 2.03. The summed E-state index contributed by atoms with van der Waals surface area (Å²) in [6.45, 7) is 5.81. The summed E-state index contributed by atoms with van der Waals surface area (Å²) in [6, 6.07) is 10.2. The predicted molar refractivity (Wildman–Crippen MR) is 85.0 cm³/mol. The monoisotopic (exact) mass is 287 g/mol. The van der Waals surface area contributed by atoms with Crippen LogP contribution in [0.2, 0.25) is 0 Å². The van der Waals surface area contributed by atoms with Gasteiger partial charge in [-0.15, -0.1) is 0 Å². The number of nitrogens with one attached hydrogen (secondary N) is 1. The Morgan fingerprint density at radius 3 is 2.81 bits per heavy atom. The molecule has 2 heterocycles. The van der Waals surface area contributed by atoms with Gasteiger partial charge in [0.2, 0.25) is 0 Å². The fourth-order valence-electron chi connectivity index (χ4n) is 2.19. The molecule has 0 aromatic carbocycles. The van der Waals surface area contributed by atoms with E-state index in [0.717, 1.165) is 56.2 Å². The predicted octanol–water partition coefficient (Wildman–Crippen LogP) is 2.85. The van der Waals surface area contributed by atoms with Gasteiger partial charge in [-0.25, -0.2) is 0 Å². The van der Waals surface area contributed by atoms with E-state index < -0.39 is 0 Å². The summed E-state index contributed by atoms with van der Waals surface area (Å²) in [5, 5.41) is 3.35. The Balaban J connectivity index is 1.73. The van der Waals surface area contributed by atoms with Crippen LogP contribution < -0.4 is 5.32 Å². The van der Waals surface area contributed by atoms with Gasteiger partial charge in [0, 0.05) is 24.9 Å². The van der Waals surface area contributed by atoms with Crippen LogP contribution in [-0.2, 0) is 19.5 Å². The molecule has 0 aliphatic carbocycles. The quantitative estimate of drug-likeness (QED) is 0.720. The molecule has 0 saturated carbocycles. The van der Waals surface area contributed by atoms with Gasteiger partial charge < -0.3 is 9.73 Å². The van der Waals surface area contributed by atoms with Gasteiger partial charge in [0.15, 0.2) is 0 Å². The number of rotatable bonds is 9. The molecule has 0 aliphatic heterocycles. The zero-order valence-electron chi connectivity index (χ0n) is 13.0. The van der Waals surface area contributed by atoms with E-state index in [1.54, 1.807) is 0 Å². The first-order valence-corrected chi connectivity index (χ1v) is 7.64. The third-order valence-corrected chi connectivity index (χ3v) is 3.34. The van der Waals surface area contributed by atoms with Gasteiger partial charge in [-0.1, -0.05) is 13.0 Å². The van der Waals surface area contributed by atoms with Gasteiger partial charge in [-0.2, -0.15) is 0 Å². The maximum absolute atomic E-state index is 5.83. The van der Waals surface area contributed by atoms with E-state index in [-0.39, 0.29) is 0 Å². The van der Waals surface area contributed by atoms with Crippen molar-refractivity contribution in [2.75, 3.05) is 20.1 Å². The number of hydrogen-bond donors (Lipinski definition) is 1. The molecule has 0 saturated heterocycles. The molecule has 2 aromatic heterocycles. The average molecular weight is 287 g/mol. The van der Waals surface area contributed by atoms with Crippen molar-refractivity contribution in [2.24, 2.45) is 0 Å². The van der Waals surface area contributed by atoms with Crippen LogP contribution in [0.15, 0.2) is 40.9 Å². The molecule has 114 valence electrons. The molecule has 4 nitrogen and oxygen atoms in total. The summed E-state index contributed by atoms with van der Waals surface area (Å²) in [4.78, 5) is 6.61. The summed E-state index contributed by atoms with van der Waals surface area (Å²) in [7, 11) is 2.11. The SMILES string of the molecule is CCCNCc1ccc(CN(C)CCc2ccccn2)o1. The standard InChI is InChI=1S/C17H25N3O/c1-3-10-18-13-16-7-8-17(21-16)14-20(2)12-9-15-6-4-5-11-19-15/h4-8,11,18H,3,9-10,12-14H2,1-2H3. The molecule has 0 fully saturated rings. The maximum Gasteiger partial charge on any atom is 0.118 e. The minimum atomic E-state index is 0.811. The minimum absolute atomic E-state index is 0.811. The van der Waals surface area contributed by atoms with Crippen molar-refractivity contribution in [3.05, 3.63) is 53.7 Å². The van der Waals surface area contributed by atoms with Crippen molar-refractivity contribution in [1.29, 1.82) is 0 Å². The Morgan fingerprint density at radius 2 is 2.05 bits per heavy atom. The Morgan fingerprint density at radius 1 is 1.19 bits per heavy atom. The van der Waals surface area contributed by atoms with E-state index in [9.17, 15) is 0 Å². The molecule has 0 aliphatic rings. The fraction of sp³-hybridized carbons (Fsp3) is 0.471. The Bertz CT molecular complexity index is 510. The lowest BCUT2D eigenvalue weighted by atomic mass is 10.2. The van der Waals surface area contributed by atoms with Crippen LogP contribution in [0, 0.1) is 0 Å². The van der Waals surface area contributed by atoms with Crippen molar-refractivity contribution >= 4 is 0 Å². The Hall–Kier alpha value is -1.65. The van der Waals surface area contributed by atoms with Gasteiger partial charge >= 0.3 is 0 Å². The first-order chi connectivity index (χ1) is 10.3. The second-order valence-corrected chi connectivity index (χ2v) is 5.35. The molecule has 0 atom stereocenters. The molecule has 0 radical (unpaired) electrons. The number of furan rings is 1. The number of aromatic nitrogens is 1. The van der Waals surface area contributed by atoms with Gasteiger partial charge in [0.25, 0.3) is 0 Å². The van der Waals surface area contributed by atoms with Gasteiger partial charge in [0.05, 0.1) is 13.1 Å². The maximum atomic E-state index is 5.83. The second-order valence-electron chi connectivity index (χ2n) is 5.35. The molecule has 2 rings (SSSR count). The first-order valence-electron chi connectivity index (χ1n) is 7.64. The van der Waals surface area contributed by atoms with Crippen molar-refractivity contribution in [1.82, 2.24) is 15.2 Å². The van der Waals surface area contributed by atoms with E-state index >= 15 is 0 Å². The fourth-order valence-corrected chi connectivity index (χ4v) is 2.19. The summed E-state index contributed by atoms with van der Waals surface area (Å²) in [5.41, 5.74) is 1.13. The lowest BCUT2D eigenvalue weighted by Gasteiger charge is -2.14. The lowest BCUT2D eigenvalue weighted by Crippen LogP contribution is -2.20. The van der Waals surface area contributed by atoms with Crippen LogP contribution in [-0.4, -0.2) is 30.0 Å². The van der Waals surface area contributed by atoms with Gasteiger partial charge in [0.1, 0.15) is 11.5 Å². The van der Waals surface area contributed by atoms with Crippen LogP contribution in [0.5, 0.6) is 0 Å². The normalized spacial score (nSPS) is 11.2. The smallest absolute Gasteiger partial charge is 0.118 e. The lowest BCUT2D eigenvalue weighted by molar-refractivity contribution is 0.292. The van der Waals surface area contributed by atoms with E-state index in [4.69, 9.17) is 4.42 Å². The molecular weight excluding hydrogens is 262 g/mol. The third kappa shape index (κ3) is 5.69. The van der Waals surface area contributed by atoms with Crippen LogP contribution in [0.1, 0.15) is 30.6 Å². The summed E-state index contributed by atoms with van der Waals surface area (Å²) >= 11 is 0. The third-order valence-electron chi connectivity index (χ3n) is 3.34. The van der Waals surface area contributed by atoms with E-state index in [2.05, 4.69) is 47.4 Å². The molecule has 1 N–H and O–H groups in total. The highest BCUT2D eigenvalue weighted by molar-refractivity contribution is 5.07. The minimum Gasteiger partial charge on any atom is -0.463 e. The second kappa shape index (κ2) is 8.60. The molecule has 0 unspecified atom stereocenters. The number of pyridine rings is 1. The van der Waals surface area contributed by atoms with Crippen molar-refractivity contribution < 1.29 is 4.42 Å². The van der Waals surface area contributed by atoms with Crippen LogP contribution in [0.3, 0.4) is 0 Å². The number of nitrogens with zero attached hydrogens (tertiary/aromatic N) is 2. The van der Waals surface area contributed by atoms with Crippen LogP contribution in [0.4, 0.5) is 0 Å². The van der Waals surface area contributed by atoms with E-state index in [0.29, 0.717) is 0 Å². The van der Waals surface area contributed by atoms with Crippen molar-refractivity contribution in [3.8, 4) is 0 Å².